The number of fused-ring (bicyclic) bond motifs is 1. The van der Waals surface area contributed by atoms with Crippen LogP contribution in [-0.4, -0.2) is 39.9 Å². The van der Waals surface area contributed by atoms with Crippen molar-refractivity contribution in [1.29, 1.82) is 0 Å². The lowest BCUT2D eigenvalue weighted by Crippen LogP contribution is -2.37. The SMILES string of the molecule is CN=C(NCCCOCC1CC1)NCc1ccc2cc(OC)ccc2c1. The number of hydrogen-bond acceptors (Lipinski definition) is 3. The van der Waals surface area contributed by atoms with Crippen LogP contribution in [-0.2, 0) is 11.3 Å². The minimum atomic E-state index is 0.736. The number of nitrogens with one attached hydrogen (secondary N) is 2. The van der Waals surface area contributed by atoms with Gasteiger partial charge in [-0.15, -0.1) is 0 Å². The number of methoxy groups -OCH3 is 1. The zero-order valence-corrected chi connectivity index (χ0v) is 15.8. The molecule has 0 aromatic heterocycles. The monoisotopic (exact) mass is 355 g/mol. The Morgan fingerprint density at radius 3 is 2.69 bits per heavy atom. The quantitative estimate of drug-likeness (QED) is 0.412. The van der Waals surface area contributed by atoms with Gasteiger partial charge in [0.2, 0.25) is 0 Å². The van der Waals surface area contributed by atoms with Crippen LogP contribution in [0.2, 0.25) is 0 Å². The summed E-state index contributed by atoms with van der Waals surface area (Å²) >= 11 is 0. The highest BCUT2D eigenvalue weighted by molar-refractivity contribution is 5.85. The second-order valence-electron chi connectivity index (χ2n) is 6.77. The lowest BCUT2D eigenvalue weighted by Gasteiger charge is -2.12. The van der Waals surface area contributed by atoms with Crippen LogP contribution in [0.4, 0.5) is 0 Å². The van der Waals surface area contributed by atoms with Crippen molar-refractivity contribution in [2.75, 3.05) is 33.9 Å². The van der Waals surface area contributed by atoms with E-state index < -0.39 is 0 Å². The van der Waals surface area contributed by atoms with E-state index in [0.29, 0.717) is 0 Å². The lowest BCUT2D eigenvalue weighted by molar-refractivity contribution is 0.123. The minimum Gasteiger partial charge on any atom is -0.497 e. The average Bonchev–Trinajstić information content (AvgIpc) is 3.50. The number of aliphatic imine (C=N–C) groups is 1. The molecule has 2 N–H and O–H groups in total. The van der Waals surface area contributed by atoms with E-state index in [4.69, 9.17) is 9.47 Å². The van der Waals surface area contributed by atoms with Crippen LogP contribution in [0.3, 0.4) is 0 Å². The first kappa shape index (κ1) is 18.5. The third kappa shape index (κ3) is 5.63. The highest BCUT2D eigenvalue weighted by atomic mass is 16.5. The van der Waals surface area contributed by atoms with E-state index in [1.165, 1.54) is 29.2 Å². The molecular formula is C21H29N3O2. The van der Waals surface area contributed by atoms with Crippen LogP contribution in [0.5, 0.6) is 5.75 Å². The minimum absolute atomic E-state index is 0.736. The van der Waals surface area contributed by atoms with E-state index in [2.05, 4.69) is 46.0 Å². The van der Waals surface area contributed by atoms with Gasteiger partial charge in [-0.2, -0.15) is 0 Å². The van der Waals surface area contributed by atoms with Crippen molar-refractivity contribution in [2.24, 2.45) is 10.9 Å². The Balaban J connectivity index is 1.41. The van der Waals surface area contributed by atoms with Gasteiger partial charge in [-0.05, 0) is 59.7 Å². The van der Waals surface area contributed by atoms with Crippen LogP contribution in [0.1, 0.15) is 24.8 Å². The van der Waals surface area contributed by atoms with E-state index >= 15 is 0 Å². The Morgan fingerprint density at radius 1 is 1.12 bits per heavy atom. The molecule has 26 heavy (non-hydrogen) atoms. The molecule has 0 heterocycles. The van der Waals surface area contributed by atoms with Crippen molar-refractivity contribution in [3.8, 4) is 5.75 Å². The van der Waals surface area contributed by atoms with Crippen molar-refractivity contribution in [3.63, 3.8) is 0 Å². The molecule has 0 spiro atoms. The molecule has 0 amide bonds. The van der Waals surface area contributed by atoms with E-state index in [1.54, 1.807) is 14.2 Å². The molecule has 1 fully saturated rings. The summed E-state index contributed by atoms with van der Waals surface area (Å²) in [7, 11) is 3.49. The topological polar surface area (TPSA) is 54.9 Å². The Kier molecular flexibility index (Phi) is 6.72. The molecule has 0 saturated heterocycles. The molecule has 0 aliphatic heterocycles. The summed E-state index contributed by atoms with van der Waals surface area (Å²) in [4.78, 5) is 4.28. The van der Waals surface area contributed by atoms with E-state index in [9.17, 15) is 0 Å². The first-order valence-corrected chi connectivity index (χ1v) is 9.37. The van der Waals surface area contributed by atoms with Gasteiger partial charge < -0.3 is 20.1 Å². The standard InChI is InChI=1S/C21H29N3O2/c1-22-21(23-10-3-11-26-15-16-4-5-16)24-14-17-6-7-19-13-20(25-2)9-8-18(19)12-17/h6-9,12-13,16H,3-5,10-11,14-15H2,1-2H3,(H2,22,23,24). The zero-order valence-electron chi connectivity index (χ0n) is 15.8. The molecule has 140 valence electrons. The van der Waals surface area contributed by atoms with Crippen LogP contribution in [0.25, 0.3) is 10.8 Å². The summed E-state index contributed by atoms with van der Waals surface area (Å²) in [6.45, 7) is 3.34. The summed E-state index contributed by atoms with van der Waals surface area (Å²) in [6, 6.07) is 12.6. The maximum Gasteiger partial charge on any atom is 0.191 e. The molecule has 0 atom stereocenters. The molecule has 0 unspecified atom stereocenters. The van der Waals surface area contributed by atoms with E-state index in [1.807, 2.05) is 6.07 Å². The summed E-state index contributed by atoms with van der Waals surface area (Å²) in [5.41, 5.74) is 1.22. The predicted octanol–water partition coefficient (Wildman–Crippen LogP) is 3.33. The summed E-state index contributed by atoms with van der Waals surface area (Å²) in [5, 5.41) is 9.09. The molecule has 1 aliphatic rings. The molecule has 3 rings (SSSR count). The van der Waals surface area contributed by atoms with Crippen LogP contribution in [0.15, 0.2) is 41.4 Å². The van der Waals surface area contributed by atoms with Gasteiger partial charge >= 0.3 is 0 Å². The van der Waals surface area contributed by atoms with Gasteiger partial charge in [0.25, 0.3) is 0 Å². The van der Waals surface area contributed by atoms with Crippen LogP contribution >= 0.6 is 0 Å². The average molecular weight is 355 g/mol. The lowest BCUT2D eigenvalue weighted by atomic mass is 10.1. The molecule has 0 radical (unpaired) electrons. The fraction of sp³-hybridized carbons (Fsp3) is 0.476. The number of rotatable bonds is 9. The first-order valence-electron chi connectivity index (χ1n) is 9.37. The van der Waals surface area contributed by atoms with Gasteiger partial charge in [-0.25, -0.2) is 0 Å². The first-order chi connectivity index (χ1) is 12.8. The molecular weight excluding hydrogens is 326 g/mol. The molecule has 2 aromatic rings. The number of benzene rings is 2. The predicted molar refractivity (Wildman–Crippen MR) is 107 cm³/mol. The molecule has 5 heteroatoms. The third-order valence-corrected chi connectivity index (χ3v) is 4.60. The van der Waals surface area contributed by atoms with Crippen molar-refractivity contribution in [3.05, 3.63) is 42.0 Å². The van der Waals surface area contributed by atoms with Gasteiger partial charge in [0, 0.05) is 33.4 Å². The number of ether oxygens (including phenoxy) is 2. The Labute approximate surface area is 155 Å². The Hall–Kier alpha value is -2.27. The van der Waals surface area contributed by atoms with Crippen LogP contribution < -0.4 is 15.4 Å². The van der Waals surface area contributed by atoms with Gasteiger partial charge in [0.15, 0.2) is 5.96 Å². The highest BCUT2D eigenvalue weighted by Gasteiger charge is 2.20. The van der Waals surface area contributed by atoms with Gasteiger partial charge in [0.1, 0.15) is 5.75 Å². The van der Waals surface area contributed by atoms with Crippen LogP contribution in [0, 0.1) is 5.92 Å². The number of guanidine groups is 1. The maximum atomic E-state index is 5.65. The van der Waals surface area contributed by atoms with Gasteiger partial charge in [-0.1, -0.05) is 18.2 Å². The van der Waals surface area contributed by atoms with Crippen molar-refractivity contribution in [1.82, 2.24) is 10.6 Å². The summed E-state index contributed by atoms with van der Waals surface area (Å²) < 4.78 is 10.9. The second kappa shape index (κ2) is 9.43. The maximum absolute atomic E-state index is 5.65. The van der Waals surface area contributed by atoms with Crippen molar-refractivity contribution < 1.29 is 9.47 Å². The highest BCUT2D eigenvalue weighted by Crippen LogP contribution is 2.28. The number of nitrogens with zero attached hydrogens (tertiary/aromatic N) is 1. The molecule has 5 nitrogen and oxygen atoms in total. The molecule has 2 aromatic carbocycles. The van der Waals surface area contributed by atoms with E-state index in [0.717, 1.165) is 50.4 Å². The molecule has 1 saturated carbocycles. The normalized spacial score (nSPS) is 14.5. The van der Waals surface area contributed by atoms with E-state index in [-0.39, 0.29) is 0 Å². The third-order valence-electron chi connectivity index (χ3n) is 4.60. The Morgan fingerprint density at radius 2 is 1.92 bits per heavy atom. The van der Waals surface area contributed by atoms with Gasteiger partial charge in [-0.3, -0.25) is 4.99 Å². The fourth-order valence-electron chi connectivity index (χ4n) is 2.83. The van der Waals surface area contributed by atoms with Crippen molar-refractivity contribution >= 4 is 16.7 Å². The molecule has 1 aliphatic carbocycles. The summed E-state index contributed by atoms with van der Waals surface area (Å²) in [6.07, 6.45) is 3.68. The zero-order chi connectivity index (χ0) is 18.2. The number of hydrogen-bond donors (Lipinski definition) is 2. The van der Waals surface area contributed by atoms with Gasteiger partial charge in [0.05, 0.1) is 7.11 Å². The molecule has 0 bridgehead atoms. The Bertz CT molecular complexity index is 741. The van der Waals surface area contributed by atoms with Crippen molar-refractivity contribution in [2.45, 2.75) is 25.8 Å². The smallest absolute Gasteiger partial charge is 0.191 e. The fourth-order valence-corrected chi connectivity index (χ4v) is 2.83. The second-order valence-corrected chi connectivity index (χ2v) is 6.77. The summed E-state index contributed by atoms with van der Waals surface area (Å²) in [5.74, 6) is 2.54. The largest absolute Gasteiger partial charge is 0.497 e.